The number of halogens is 1. The molecule has 1 aliphatic rings. The van der Waals surface area contributed by atoms with Crippen LogP contribution in [-0.2, 0) is 6.54 Å². The second-order valence-electron chi connectivity index (χ2n) is 3.99. The maximum Gasteiger partial charge on any atom is 0.129 e. The molecule has 1 unspecified atom stereocenters. The first-order valence-corrected chi connectivity index (χ1v) is 5.72. The van der Waals surface area contributed by atoms with Crippen molar-refractivity contribution < 1.29 is 0 Å². The molecular weight excluding hydrogens is 210 g/mol. The quantitative estimate of drug-likeness (QED) is 0.839. The summed E-state index contributed by atoms with van der Waals surface area (Å²) < 4.78 is 0. The van der Waals surface area contributed by atoms with Crippen LogP contribution in [0.1, 0.15) is 25.5 Å². The average molecular weight is 226 g/mol. The van der Waals surface area contributed by atoms with Crippen LogP contribution < -0.4 is 10.6 Å². The highest BCUT2D eigenvalue weighted by atomic mass is 35.5. The highest BCUT2D eigenvalue weighted by molar-refractivity contribution is 6.31. The summed E-state index contributed by atoms with van der Waals surface area (Å²) in [4.78, 5) is 6.81. The second kappa shape index (κ2) is 4.37. The molecule has 0 aliphatic carbocycles. The highest BCUT2D eigenvalue weighted by Crippen LogP contribution is 2.25. The van der Waals surface area contributed by atoms with Gasteiger partial charge in [0.2, 0.25) is 0 Å². The number of pyridine rings is 1. The monoisotopic (exact) mass is 225 g/mol. The molecule has 1 aliphatic heterocycles. The minimum absolute atomic E-state index is 0.398. The highest BCUT2D eigenvalue weighted by Gasteiger charge is 2.21. The molecule has 2 rings (SSSR count). The molecule has 4 heteroatoms. The van der Waals surface area contributed by atoms with Gasteiger partial charge in [-0.15, -0.1) is 0 Å². The molecule has 1 saturated heterocycles. The molecule has 15 heavy (non-hydrogen) atoms. The van der Waals surface area contributed by atoms with Crippen LogP contribution in [0.15, 0.2) is 12.1 Å². The largest absolute Gasteiger partial charge is 0.354 e. The lowest BCUT2D eigenvalue weighted by Crippen LogP contribution is -2.27. The van der Waals surface area contributed by atoms with E-state index in [1.54, 1.807) is 0 Å². The van der Waals surface area contributed by atoms with Crippen LogP contribution in [0.2, 0.25) is 5.02 Å². The van der Waals surface area contributed by atoms with E-state index in [4.69, 9.17) is 17.3 Å². The smallest absolute Gasteiger partial charge is 0.129 e. The van der Waals surface area contributed by atoms with Crippen molar-refractivity contribution in [2.24, 2.45) is 5.73 Å². The summed E-state index contributed by atoms with van der Waals surface area (Å²) >= 11 is 5.98. The van der Waals surface area contributed by atoms with Crippen LogP contribution >= 0.6 is 11.6 Å². The van der Waals surface area contributed by atoms with Gasteiger partial charge in [0, 0.05) is 19.1 Å². The van der Waals surface area contributed by atoms with Crippen molar-refractivity contribution in [3.63, 3.8) is 0 Å². The number of aromatic nitrogens is 1. The van der Waals surface area contributed by atoms with Crippen LogP contribution in [0.5, 0.6) is 0 Å². The molecule has 0 spiro atoms. The van der Waals surface area contributed by atoms with E-state index in [2.05, 4.69) is 16.8 Å². The fraction of sp³-hybridized carbons (Fsp3) is 0.545. The minimum Gasteiger partial charge on any atom is -0.354 e. The Morgan fingerprint density at radius 3 is 3.00 bits per heavy atom. The van der Waals surface area contributed by atoms with E-state index in [1.807, 2.05) is 12.1 Å². The van der Waals surface area contributed by atoms with E-state index in [0.717, 1.165) is 18.1 Å². The fourth-order valence-corrected chi connectivity index (χ4v) is 2.23. The van der Waals surface area contributed by atoms with Crippen molar-refractivity contribution in [3.05, 3.63) is 22.8 Å². The normalized spacial score (nSPS) is 21.0. The molecule has 1 atom stereocenters. The molecule has 2 heterocycles. The van der Waals surface area contributed by atoms with Gasteiger partial charge in [0.25, 0.3) is 0 Å². The summed E-state index contributed by atoms with van der Waals surface area (Å²) in [6.45, 7) is 3.71. The van der Waals surface area contributed by atoms with Gasteiger partial charge in [0.1, 0.15) is 5.82 Å². The third kappa shape index (κ3) is 2.08. The van der Waals surface area contributed by atoms with Crippen molar-refractivity contribution in [2.75, 3.05) is 11.4 Å². The summed E-state index contributed by atoms with van der Waals surface area (Å²) in [5, 5.41) is 0.660. The first-order valence-electron chi connectivity index (χ1n) is 5.34. The Hall–Kier alpha value is -0.800. The Balaban J connectivity index is 2.28. The van der Waals surface area contributed by atoms with E-state index in [9.17, 15) is 0 Å². The zero-order chi connectivity index (χ0) is 10.8. The number of hydrogen-bond donors (Lipinski definition) is 1. The number of rotatable bonds is 2. The molecule has 1 aromatic heterocycles. The third-order valence-electron chi connectivity index (χ3n) is 2.94. The maximum absolute atomic E-state index is 5.98. The first-order chi connectivity index (χ1) is 7.22. The molecule has 82 valence electrons. The lowest BCUT2D eigenvalue weighted by atomic mass is 10.2. The van der Waals surface area contributed by atoms with Crippen molar-refractivity contribution in [1.82, 2.24) is 4.98 Å². The van der Waals surface area contributed by atoms with Gasteiger partial charge in [0.05, 0.1) is 10.7 Å². The van der Waals surface area contributed by atoms with Gasteiger partial charge >= 0.3 is 0 Å². The van der Waals surface area contributed by atoms with Crippen LogP contribution in [0.4, 0.5) is 5.82 Å². The summed E-state index contributed by atoms with van der Waals surface area (Å²) in [6.07, 6.45) is 2.48. The standard InChI is InChI=1S/C11H16ClN3/c1-8-3-2-6-15(8)11-5-4-9(12)10(7-13)14-11/h4-5,8H,2-3,6-7,13H2,1H3. The summed E-state index contributed by atoms with van der Waals surface area (Å²) in [5.41, 5.74) is 6.37. The summed E-state index contributed by atoms with van der Waals surface area (Å²) in [6, 6.07) is 4.43. The third-order valence-corrected chi connectivity index (χ3v) is 3.29. The molecule has 0 aromatic carbocycles. The van der Waals surface area contributed by atoms with E-state index in [1.165, 1.54) is 12.8 Å². The molecule has 1 fully saturated rings. The molecule has 2 N–H and O–H groups in total. The van der Waals surface area contributed by atoms with Crippen LogP contribution in [0.25, 0.3) is 0 Å². The van der Waals surface area contributed by atoms with Gasteiger partial charge in [-0.3, -0.25) is 0 Å². The Bertz CT molecular complexity index is 354. The fourth-order valence-electron chi connectivity index (χ4n) is 2.05. The SMILES string of the molecule is CC1CCCN1c1ccc(Cl)c(CN)n1. The Morgan fingerprint density at radius 1 is 1.60 bits per heavy atom. The lowest BCUT2D eigenvalue weighted by molar-refractivity contribution is 0.725. The molecule has 3 nitrogen and oxygen atoms in total. The predicted octanol–water partition coefficient (Wildman–Crippen LogP) is 2.18. The molecule has 0 saturated carbocycles. The van der Waals surface area contributed by atoms with E-state index in [0.29, 0.717) is 17.6 Å². The Labute approximate surface area is 95.2 Å². The summed E-state index contributed by atoms with van der Waals surface area (Å²) in [5.74, 6) is 1.00. The Kier molecular flexibility index (Phi) is 3.12. The van der Waals surface area contributed by atoms with Gasteiger partial charge in [-0.05, 0) is 31.9 Å². The van der Waals surface area contributed by atoms with Crippen LogP contribution in [0.3, 0.4) is 0 Å². The van der Waals surface area contributed by atoms with Gasteiger partial charge in [-0.1, -0.05) is 11.6 Å². The van der Waals surface area contributed by atoms with Crippen LogP contribution in [-0.4, -0.2) is 17.6 Å². The van der Waals surface area contributed by atoms with Crippen molar-refractivity contribution in [1.29, 1.82) is 0 Å². The molecule has 0 radical (unpaired) electrons. The van der Waals surface area contributed by atoms with Gasteiger partial charge in [-0.25, -0.2) is 4.98 Å². The van der Waals surface area contributed by atoms with Gasteiger partial charge in [0.15, 0.2) is 0 Å². The van der Waals surface area contributed by atoms with Crippen molar-refractivity contribution >= 4 is 17.4 Å². The summed E-state index contributed by atoms with van der Waals surface area (Å²) in [7, 11) is 0. The average Bonchev–Trinajstić information content (AvgIpc) is 2.65. The minimum atomic E-state index is 0.398. The van der Waals surface area contributed by atoms with Gasteiger partial charge < -0.3 is 10.6 Å². The Morgan fingerprint density at radius 2 is 2.40 bits per heavy atom. The maximum atomic E-state index is 5.98. The zero-order valence-electron chi connectivity index (χ0n) is 8.91. The molecule has 0 amide bonds. The number of hydrogen-bond acceptors (Lipinski definition) is 3. The van der Waals surface area contributed by atoms with Crippen molar-refractivity contribution in [2.45, 2.75) is 32.4 Å². The topological polar surface area (TPSA) is 42.1 Å². The first kappa shape index (κ1) is 10.7. The van der Waals surface area contributed by atoms with Crippen LogP contribution in [0, 0.1) is 0 Å². The van der Waals surface area contributed by atoms with E-state index in [-0.39, 0.29) is 0 Å². The number of nitrogens with two attached hydrogens (primary N) is 1. The number of anilines is 1. The molecular formula is C11H16ClN3. The second-order valence-corrected chi connectivity index (χ2v) is 4.39. The van der Waals surface area contributed by atoms with Crippen molar-refractivity contribution in [3.8, 4) is 0 Å². The lowest BCUT2D eigenvalue weighted by Gasteiger charge is -2.23. The molecule has 0 bridgehead atoms. The van der Waals surface area contributed by atoms with Gasteiger partial charge in [-0.2, -0.15) is 0 Å². The predicted molar refractivity (Wildman–Crippen MR) is 63.2 cm³/mol. The molecule has 1 aromatic rings. The zero-order valence-corrected chi connectivity index (χ0v) is 9.67. The number of nitrogens with zero attached hydrogens (tertiary/aromatic N) is 2. The van der Waals surface area contributed by atoms with E-state index >= 15 is 0 Å². The van der Waals surface area contributed by atoms with E-state index < -0.39 is 0 Å².